The van der Waals surface area contributed by atoms with E-state index in [-0.39, 0.29) is 36.2 Å². The number of nitrogens with zero attached hydrogens (tertiary/aromatic N) is 1. The second-order valence-corrected chi connectivity index (χ2v) is 8.83. The summed E-state index contributed by atoms with van der Waals surface area (Å²) in [6.45, 7) is 4.10. The fourth-order valence-electron chi connectivity index (χ4n) is 3.99. The minimum atomic E-state index is -4.80. The number of amides is 3. The quantitative estimate of drug-likeness (QED) is 0.458. The van der Waals surface area contributed by atoms with Gasteiger partial charge >= 0.3 is 6.18 Å². The number of anilines is 3. The molecule has 3 amide bonds. The fraction of sp³-hybridized carbons (Fsp3) is 0.269. The van der Waals surface area contributed by atoms with Gasteiger partial charge in [-0.15, -0.1) is 0 Å². The van der Waals surface area contributed by atoms with Crippen LogP contribution in [0, 0.1) is 5.92 Å². The van der Waals surface area contributed by atoms with Crippen molar-refractivity contribution in [2.24, 2.45) is 5.92 Å². The Morgan fingerprint density at radius 2 is 1.83 bits per heavy atom. The summed E-state index contributed by atoms with van der Waals surface area (Å²) in [6, 6.07) is 13.3. The van der Waals surface area contributed by atoms with Crippen LogP contribution in [0.2, 0.25) is 0 Å². The van der Waals surface area contributed by atoms with E-state index in [1.807, 2.05) is 32.0 Å². The van der Waals surface area contributed by atoms with Crippen molar-refractivity contribution in [3.05, 3.63) is 77.7 Å². The molecule has 1 fully saturated rings. The smallest absolute Gasteiger partial charge is 0.418 e. The van der Waals surface area contributed by atoms with E-state index in [1.54, 1.807) is 6.07 Å². The lowest BCUT2D eigenvalue weighted by Crippen LogP contribution is -2.28. The number of alkyl halides is 3. The second kappa shape index (κ2) is 9.88. The molecule has 0 radical (unpaired) electrons. The van der Waals surface area contributed by atoms with Gasteiger partial charge in [0.25, 0.3) is 5.91 Å². The maximum absolute atomic E-state index is 13.8. The summed E-state index contributed by atoms with van der Waals surface area (Å²) in [5.74, 6) is -2.31. The monoisotopic (exact) mass is 499 g/mol. The van der Waals surface area contributed by atoms with Crippen LogP contribution in [-0.4, -0.2) is 24.3 Å². The zero-order chi connectivity index (χ0) is 26.0. The van der Waals surface area contributed by atoms with E-state index in [1.165, 1.54) is 29.4 Å². The Balaban J connectivity index is 1.50. The van der Waals surface area contributed by atoms with Crippen molar-refractivity contribution in [3.8, 4) is 0 Å². The minimum Gasteiger partial charge on any atom is -0.459 e. The molecule has 1 aromatic heterocycles. The van der Waals surface area contributed by atoms with Crippen LogP contribution in [0.4, 0.5) is 30.2 Å². The molecule has 0 saturated carbocycles. The lowest BCUT2D eigenvalue weighted by Gasteiger charge is -2.19. The molecule has 0 spiro atoms. The van der Waals surface area contributed by atoms with Gasteiger partial charge < -0.3 is 20.0 Å². The molecule has 1 unspecified atom stereocenters. The number of halogens is 3. The van der Waals surface area contributed by atoms with Gasteiger partial charge in [-0.3, -0.25) is 14.4 Å². The van der Waals surface area contributed by atoms with E-state index in [0.717, 1.165) is 17.7 Å². The van der Waals surface area contributed by atoms with Crippen molar-refractivity contribution >= 4 is 34.8 Å². The molecule has 188 valence electrons. The molecule has 1 saturated heterocycles. The number of carbonyl (C=O) groups excluding carboxylic acids is 3. The number of carbonyl (C=O) groups is 3. The Kier molecular flexibility index (Phi) is 6.87. The van der Waals surface area contributed by atoms with E-state index < -0.39 is 35.2 Å². The largest absolute Gasteiger partial charge is 0.459 e. The van der Waals surface area contributed by atoms with E-state index in [9.17, 15) is 27.6 Å². The maximum atomic E-state index is 13.8. The predicted octanol–water partition coefficient (Wildman–Crippen LogP) is 5.67. The van der Waals surface area contributed by atoms with Gasteiger partial charge in [-0.2, -0.15) is 13.2 Å². The first kappa shape index (κ1) is 25.0. The van der Waals surface area contributed by atoms with E-state index in [2.05, 4.69) is 10.6 Å². The summed E-state index contributed by atoms with van der Waals surface area (Å²) < 4.78 is 46.3. The first-order valence-electron chi connectivity index (χ1n) is 11.3. The normalized spacial score (nSPS) is 15.9. The van der Waals surface area contributed by atoms with Gasteiger partial charge in [-0.1, -0.05) is 26.0 Å². The lowest BCUT2D eigenvalue weighted by atomic mass is 10.0. The van der Waals surface area contributed by atoms with E-state index in [4.69, 9.17) is 4.42 Å². The minimum absolute atomic E-state index is 0.0599. The van der Waals surface area contributed by atoms with E-state index in [0.29, 0.717) is 5.69 Å². The van der Waals surface area contributed by atoms with Crippen LogP contribution in [0.15, 0.2) is 65.3 Å². The van der Waals surface area contributed by atoms with Crippen LogP contribution >= 0.6 is 0 Å². The summed E-state index contributed by atoms with van der Waals surface area (Å²) in [7, 11) is 0. The van der Waals surface area contributed by atoms with Crippen molar-refractivity contribution in [3.63, 3.8) is 0 Å². The van der Waals surface area contributed by atoms with Crippen molar-refractivity contribution in [1.82, 2.24) is 0 Å². The first-order valence-corrected chi connectivity index (χ1v) is 11.3. The Morgan fingerprint density at radius 3 is 2.50 bits per heavy atom. The molecule has 7 nitrogen and oxygen atoms in total. The molecule has 2 aromatic carbocycles. The Morgan fingerprint density at radius 1 is 1.06 bits per heavy atom. The molecule has 0 aliphatic carbocycles. The van der Waals surface area contributed by atoms with Gasteiger partial charge in [0.1, 0.15) is 0 Å². The number of hydrogen-bond donors (Lipinski definition) is 2. The fourth-order valence-corrected chi connectivity index (χ4v) is 3.99. The number of hydrogen-bond acceptors (Lipinski definition) is 4. The van der Waals surface area contributed by atoms with Gasteiger partial charge in [0, 0.05) is 24.3 Å². The van der Waals surface area contributed by atoms with Crippen molar-refractivity contribution in [2.45, 2.75) is 32.4 Å². The molecule has 3 aromatic rings. The molecule has 1 aliphatic heterocycles. The summed E-state index contributed by atoms with van der Waals surface area (Å²) in [5.41, 5.74) is -0.0273. The number of rotatable bonds is 6. The van der Waals surface area contributed by atoms with Crippen LogP contribution in [0.25, 0.3) is 0 Å². The Bertz CT molecular complexity index is 1290. The van der Waals surface area contributed by atoms with Crippen molar-refractivity contribution in [2.75, 3.05) is 22.1 Å². The van der Waals surface area contributed by atoms with E-state index >= 15 is 0 Å². The predicted molar refractivity (Wildman–Crippen MR) is 128 cm³/mol. The molecule has 1 atom stereocenters. The standard InChI is InChI=1S/C26H24F3N3O4/c1-15(2)16-5-3-6-19(11-16)32-14-17(12-23(32)33)24(34)31-21-9-8-18(13-20(21)26(27,28)29)30-25(35)22-7-4-10-36-22/h3-11,13,15,17H,12,14H2,1-2H3,(H,30,35)(H,31,34). The molecule has 2 N–H and O–H groups in total. The Labute approximate surface area is 205 Å². The third-order valence-corrected chi connectivity index (χ3v) is 5.93. The molecule has 2 heterocycles. The summed E-state index contributed by atoms with van der Waals surface area (Å²) in [4.78, 5) is 39.1. The molecule has 1 aliphatic rings. The first-order chi connectivity index (χ1) is 17.0. The highest BCUT2D eigenvalue weighted by atomic mass is 19.4. The van der Waals surface area contributed by atoms with Crippen LogP contribution in [0.3, 0.4) is 0 Å². The summed E-state index contributed by atoms with van der Waals surface area (Å²) >= 11 is 0. The van der Waals surface area contributed by atoms with Gasteiger partial charge in [0.05, 0.1) is 23.4 Å². The second-order valence-electron chi connectivity index (χ2n) is 8.83. The van der Waals surface area contributed by atoms with Gasteiger partial charge in [0.15, 0.2) is 5.76 Å². The maximum Gasteiger partial charge on any atom is 0.418 e. The third kappa shape index (κ3) is 5.42. The van der Waals surface area contributed by atoms with Crippen LogP contribution in [0.5, 0.6) is 0 Å². The summed E-state index contributed by atoms with van der Waals surface area (Å²) in [6.07, 6.45) is -3.65. The van der Waals surface area contributed by atoms with Crippen molar-refractivity contribution < 1.29 is 32.0 Å². The SMILES string of the molecule is CC(C)c1cccc(N2CC(C(=O)Nc3ccc(NC(=O)c4ccco4)cc3C(F)(F)F)CC2=O)c1. The van der Waals surface area contributed by atoms with Gasteiger partial charge in [0.2, 0.25) is 11.8 Å². The molecule has 36 heavy (non-hydrogen) atoms. The summed E-state index contributed by atoms with van der Waals surface area (Å²) in [5, 5.41) is 4.66. The molecule has 0 bridgehead atoms. The molecule has 10 heteroatoms. The lowest BCUT2D eigenvalue weighted by molar-refractivity contribution is -0.137. The zero-order valence-corrected chi connectivity index (χ0v) is 19.6. The van der Waals surface area contributed by atoms with Crippen LogP contribution in [-0.2, 0) is 15.8 Å². The number of furan rings is 1. The number of benzene rings is 2. The molecular weight excluding hydrogens is 475 g/mol. The van der Waals surface area contributed by atoms with Gasteiger partial charge in [-0.25, -0.2) is 0 Å². The third-order valence-electron chi connectivity index (χ3n) is 5.93. The molecular formula is C26H24F3N3O4. The highest BCUT2D eigenvalue weighted by Crippen LogP contribution is 2.37. The average molecular weight is 499 g/mol. The van der Waals surface area contributed by atoms with Crippen molar-refractivity contribution in [1.29, 1.82) is 0 Å². The van der Waals surface area contributed by atoms with Crippen LogP contribution < -0.4 is 15.5 Å². The topological polar surface area (TPSA) is 91.7 Å². The molecule has 4 rings (SSSR count). The number of nitrogens with one attached hydrogen (secondary N) is 2. The highest BCUT2D eigenvalue weighted by molar-refractivity contribution is 6.04. The zero-order valence-electron chi connectivity index (χ0n) is 19.6. The average Bonchev–Trinajstić information content (AvgIpc) is 3.49. The van der Waals surface area contributed by atoms with Gasteiger partial charge in [-0.05, 0) is 53.9 Å². The van der Waals surface area contributed by atoms with Crippen LogP contribution in [0.1, 0.15) is 47.9 Å². The highest BCUT2D eigenvalue weighted by Gasteiger charge is 2.38. The Hall–Kier alpha value is -4.08.